The Bertz CT molecular complexity index is 769. The summed E-state index contributed by atoms with van der Waals surface area (Å²) in [6, 6.07) is 10.5. The predicted molar refractivity (Wildman–Crippen MR) is 102 cm³/mol. The summed E-state index contributed by atoms with van der Waals surface area (Å²) in [4.78, 5) is 30.3. The first-order valence-corrected chi connectivity index (χ1v) is 9.35. The second kappa shape index (κ2) is 7.87. The molecule has 1 amide bonds. The highest BCUT2D eigenvalue weighted by Gasteiger charge is 2.25. The van der Waals surface area contributed by atoms with Gasteiger partial charge in [0.05, 0.1) is 26.2 Å². The zero-order valence-electron chi connectivity index (χ0n) is 15.8. The topological polar surface area (TPSA) is 57.6 Å². The van der Waals surface area contributed by atoms with Gasteiger partial charge in [-0.25, -0.2) is 0 Å². The fourth-order valence-corrected chi connectivity index (χ4v) is 3.40. The molecular weight excluding hydrogens is 326 g/mol. The van der Waals surface area contributed by atoms with Gasteiger partial charge in [-0.15, -0.1) is 0 Å². The maximum Gasteiger partial charge on any atom is 0.270 e. The lowest BCUT2D eigenvalue weighted by Crippen LogP contribution is -3.13. The number of aromatic nitrogens is 1. The predicted octanol–water partition coefficient (Wildman–Crippen LogP) is 1.88. The number of nitrogens with zero attached hydrogens (tertiary/aromatic N) is 1. The second-order valence-electron chi connectivity index (χ2n) is 7.47. The summed E-state index contributed by atoms with van der Waals surface area (Å²) in [6.45, 7) is 10.3. The molecule has 1 fully saturated rings. The van der Waals surface area contributed by atoms with Crippen molar-refractivity contribution in [1.82, 2.24) is 9.88 Å². The van der Waals surface area contributed by atoms with Crippen LogP contribution in [0, 0.1) is 0 Å². The van der Waals surface area contributed by atoms with Crippen molar-refractivity contribution < 1.29 is 14.5 Å². The molecule has 0 aliphatic carbocycles. The van der Waals surface area contributed by atoms with E-state index in [0.717, 1.165) is 32.7 Å². The highest BCUT2D eigenvalue weighted by Crippen LogP contribution is 2.14. The van der Waals surface area contributed by atoms with Crippen LogP contribution in [0.25, 0.3) is 0 Å². The van der Waals surface area contributed by atoms with Crippen LogP contribution in [0.4, 0.5) is 0 Å². The molecule has 1 saturated heterocycles. The Hall–Kier alpha value is -2.40. The number of Topliss-reactive ketones (excluding diaryl/α,β-unsaturated/α-hetero) is 1. The van der Waals surface area contributed by atoms with Crippen molar-refractivity contribution in [3.63, 3.8) is 0 Å². The number of rotatable bonds is 5. The Morgan fingerprint density at radius 3 is 2.35 bits per heavy atom. The van der Waals surface area contributed by atoms with E-state index >= 15 is 0 Å². The van der Waals surface area contributed by atoms with Gasteiger partial charge in [-0.3, -0.25) is 9.59 Å². The van der Waals surface area contributed by atoms with Crippen LogP contribution < -0.4 is 4.90 Å². The van der Waals surface area contributed by atoms with Crippen LogP contribution in [0.15, 0.2) is 36.5 Å². The number of amides is 1. The molecule has 2 N–H and O–H groups in total. The van der Waals surface area contributed by atoms with Crippen molar-refractivity contribution in [1.29, 1.82) is 0 Å². The molecule has 1 aromatic carbocycles. The fraction of sp³-hybridized carbons (Fsp3) is 0.429. The quantitative estimate of drug-likeness (QED) is 0.806. The summed E-state index contributed by atoms with van der Waals surface area (Å²) in [5, 5.41) is 0. The third-order valence-corrected chi connectivity index (χ3v) is 5.18. The molecule has 0 spiro atoms. The van der Waals surface area contributed by atoms with Gasteiger partial charge in [-0.05, 0) is 24.5 Å². The molecule has 0 bridgehead atoms. The van der Waals surface area contributed by atoms with Crippen molar-refractivity contribution in [3.8, 4) is 0 Å². The zero-order valence-corrected chi connectivity index (χ0v) is 15.8. The number of H-pyrrole nitrogens is 1. The molecule has 0 radical (unpaired) electrons. The van der Waals surface area contributed by atoms with Crippen molar-refractivity contribution in [3.05, 3.63) is 58.9 Å². The van der Waals surface area contributed by atoms with Gasteiger partial charge >= 0.3 is 0 Å². The lowest BCUT2D eigenvalue weighted by atomic mass is 10.0. The number of piperazine rings is 1. The van der Waals surface area contributed by atoms with E-state index in [2.05, 4.69) is 43.1 Å². The second-order valence-corrected chi connectivity index (χ2v) is 7.47. The number of carbonyl (C=O) groups is 2. The van der Waals surface area contributed by atoms with Gasteiger partial charge in [0.1, 0.15) is 12.2 Å². The maximum atomic E-state index is 12.6. The highest BCUT2D eigenvalue weighted by molar-refractivity contribution is 5.99. The summed E-state index contributed by atoms with van der Waals surface area (Å²) in [6.07, 6.45) is 1.61. The smallest absolute Gasteiger partial charge is 0.270 e. The van der Waals surface area contributed by atoms with Gasteiger partial charge in [-0.1, -0.05) is 38.1 Å². The van der Waals surface area contributed by atoms with Crippen LogP contribution >= 0.6 is 0 Å². The van der Waals surface area contributed by atoms with Crippen molar-refractivity contribution in [2.24, 2.45) is 0 Å². The van der Waals surface area contributed by atoms with E-state index in [1.165, 1.54) is 23.0 Å². The van der Waals surface area contributed by atoms with Crippen LogP contribution in [0.2, 0.25) is 0 Å². The van der Waals surface area contributed by atoms with E-state index in [9.17, 15) is 9.59 Å². The third-order valence-electron chi connectivity index (χ3n) is 5.18. The van der Waals surface area contributed by atoms with E-state index in [1.54, 1.807) is 12.3 Å². The fourth-order valence-electron chi connectivity index (χ4n) is 3.40. The molecule has 26 heavy (non-hydrogen) atoms. The van der Waals surface area contributed by atoms with E-state index in [1.807, 2.05) is 4.90 Å². The molecule has 1 aromatic heterocycles. The van der Waals surface area contributed by atoms with Gasteiger partial charge in [-0.2, -0.15) is 0 Å². The van der Waals surface area contributed by atoms with Crippen LogP contribution in [-0.4, -0.2) is 47.8 Å². The molecule has 3 rings (SSSR count). The number of quaternary nitrogens is 1. The van der Waals surface area contributed by atoms with Crippen LogP contribution in [-0.2, 0) is 6.54 Å². The van der Waals surface area contributed by atoms with Gasteiger partial charge in [0.25, 0.3) is 5.91 Å². The number of nitrogens with one attached hydrogen (secondary N) is 2. The molecular formula is C21H28N3O2+. The molecule has 2 heterocycles. The largest absolute Gasteiger partial charge is 0.356 e. The van der Waals surface area contributed by atoms with Crippen LogP contribution in [0.5, 0.6) is 0 Å². The first kappa shape index (κ1) is 18.4. The van der Waals surface area contributed by atoms with E-state index in [-0.39, 0.29) is 11.7 Å². The molecule has 1 aliphatic heterocycles. The summed E-state index contributed by atoms with van der Waals surface area (Å²) in [5.41, 5.74) is 3.78. The highest BCUT2D eigenvalue weighted by atomic mass is 16.2. The summed E-state index contributed by atoms with van der Waals surface area (Å²) < 4.78 is 0. The minimum Gasteiger partial charge on any atom is -0.356 e. The molecule has 5 heteroatoms. The van der Waals surface area contributed by atoms with E-state index < -0.39 is 0 Å². The molecule has 2 aromatic rings. The molecule has 5 nitrogen and oxygen atoms in total. The minimum absolute atomic E-state index is 0.0159. The van der Waals surface area contributed by atoms with Gasteiger partial charge in [0.2, 0.25) is 0 Å². The van der Waals surface area contributed by atoms with E-state index in [4.69, 9.17) is 0 Å². The molecule has 1 aliphatic rings. The molecule has 0 saturated carbocycles. The SMILES string of the molecule is CC(=O)c1c[nH]c(C(=O)N2CC[NH+](Cc3ccc(C(C)C)cc3)CC2)c1. The zero-order chi connectivity index (χ0) is 18.7. The van der Waals surface area contributed by atoms with Crippen LogP contribution in [0.3, 0.4) is 0 Å². The average molecular weight is 354 g/mol. The minimum atomic E-state index is -0.0296. The summed E-state index contributed by atoms with van der Waals surface area (Å²) in [7, 11) is 0. The Morgan fingerprint density at radius 1 is 1.15 bits per heavy atom. The third kappa shape index (κ3) is 4.22. The first-order chi connectivity index (χ1) is 12.4. The standard InChI is InChI=1S/C21H27N3O2/c1-15(2)18-6-4-17(5-7-18)14-23-8-10-24(11-9-23)21(26)20-12-19(13-22-20)16(3)25/h4-7,12-13,15,22H,8-11,14H2,1-3H3/p+1. The van der Waals surface area contributed by atoms with Crippen LogP contribution in [0.1, 0.15) is 58.7 Å². The number of ketones is 1. The molecule has 138 valence electrons. The Kier molecular flexibility index (Phi) is 5.57. The average Bonchev–Trinajstić information content (AvgIpc) is 3.13. The van der Waals surface area contributed by atoms with Crippen molar-refractivity contribution in [2.45, 2.75) is 33.2 Å². The van der Waals surface area contributed by atoms with Crippen molar-refractivity contribution in [2.75, 3.05) is 26.2 Å². The summed E-state index contributed by atoms with van der Waals surface area (Å²) >= 11 is 0. The van der Waals surface area contributed by atoms with Gasteiger partial charge in [0.15, 0.2) is 5.78 Å². The molecule has 0 atom stereocenters. The van der Waals surface area contributed by atoms with E-state index in [0.29, 0.717) is 17.2 Å². The number of hydrogen-bond acceptors (Lipinski definition) is 2. The summed E-state index contributed by atoms with van der Waals surface area (Å²) in [5.74, 6) is 0.512. The van der Waals surface area contributed by atoms with Gasteiger partial charge < -0.3 is 14.8 Å². The monoisotopic (exact) mass is 354 g/mol. The van der Waals surface area contributed by atoms with Gasteiger partial charge in [0, 0.05) is 17.3 Å². The number of benzene rings is 1. The first-order valence-electron chi connectivity index (χ1n) is 9.35. The lowest BCUT2D eigenvalue weighted by molar-refractivity contribution is -0.917. The lowest BCUT2D eigenvalue weighted by Gasteiger charge is -2.32. The Morgan fingerprint density at radius 2 is 1.81 bits per heavy atom. The number of carbonyl (C=O) groups excluding carboxylic acids is 2. The normalized spacial score (nSPS) is 15.5. The number of aromatic amines is 1. The van der Waals surface area contributed by atoms with Crippen molar-refractivity contribution >= 4 is 11.7 Å². The maximum absolute atomic E-state index is 12.6. The Labute approximate surface area is 155 Å². The number of hydrogen-bond donors (Lipinski definition) is 2. The Balaban J connectivity index is 1.53. The molecule has 0 unspecified atom stereocenters.